The maximum atomic E-state index is 13.2. The molecule has 0 saturated heterocycles. The van der Waals surface area contributed by atoms with Crippen LogP contribution in [0.3, 0.4) is 0 Å². The van der Waals surface area contributed by atoms with Gasteiger partial charge in [0.2, 0.25) is 0 Å². The van der Waals surface area contributed by atoms with E-state index < -0.39 is 6.10 Å². The Hall–Kier alpha value is -2.18. The van der Waals surface area contributed by atoms with Gasteiger partial charge in [0.05, 0.1) is 17.7 Å². The van der Waals surface area contributed by atoms with Crippen molar-refractivity contribution in [3.05, 3.63) is 70.5 Å². The smallest absolute Gasteiger partial charge is 0.123 e. The van der Waals surface area contributed by atoms with E-state index in [0.717, 1.165) is 16.7 Å². The van der Waals surface area contributed by atoms with Crippen LogP contribution in [0.2, 0.25) is 0 Å². The van der Waals surface area contributed by atoms with Crippen molar-refractivity contribution in [3.63, 3.8) is 0 Å². The minimum atomic E-state index is -0.701. The number of benzene rings is 2. The monoisotopic (exact) mass is 255 g/mol. The van der Waals surface area contributed by atoms with Crippen LogP contribution < -0.4 is 0 Å². The van der Waals surface area contributed by atoms with Crippen LogP contribution in [-0.4, -0.2) is 5.11 Å². The zero-order valence-corrected chi connectivity index (χ0v) is 10.6. The van der Waals surface area contributed by atoms with Crippen molar-refractivity contribution in [2.45, 2.75) is 19.4 Å². The highest BCUT2D eigenvalue weighted by Crippen LogP contribution is 2.21. The van der Waals surface area contributed by atoms with Gasteiger partial charge in [-0.15, -0.1) is 0 Å². The average Bonchev–Trinajstić information content (AvgIpc) is 2.43. The van der Waals surface area contributed by atoms with Crippen molar-refractivity contribution in [3.8, 4) is 6.07 Å². The lowest BCUT2D eigenvalue weighted by molar-refractivity contribution is 0.178. The summed E-state index contributed by atoms with van der Waals surface area (Å²) in [6, 6.07) is 13.4. The molecule has 1 N–H and O–H groups in total. The van der Waals surface area contributed by atoms with Gasteiger partial charge in [-0.05, 0) is 47.9 Å². The fraction of sp³-hybridized carbons (Fsp3) is 0.188. The van der Waals surface area contributed by atoms with Crippen LogP contribution in [0.1, 0.15) is 28.4 Å². The van der Waals surface area contributed by atoms with Crippen molar-refractivity contribution >= 4 is 0 Å². The largest absolute Gasteiger partial charge is 0.388 e. The van der Waals surface area contributed by atoms with Gasteiger partial charge in [0.25, 0.3) is 0 Å². The second-order valence-corrected chi connectivity index (χ2v) is 4.52. The van der Waals surface area contributed by atoms with Gasteiger partial charge in [-0.2, -0.15) is 5.26 Å². The fourth-order valence-corrected chi connectivity index (χ4v) is 1.97. The number of hydrogen-bond acceptors (Lipinski definition) is 2. The molecular formula is C16H14FNO. The normalized spacial score (nSPS) is 11.9. The van der Waals surface area contributed by atoms with Gasteiger partial charge in [-0.25, -0.2) is 4.39 Å². The molecule has 96 valence electrons. The first-order valence-corrected chi connectivity index (χ1v) is 6.03. The third kappa shape index (κ3) is 3.18. The number of nitriles is 1. The third-order valence-electron chi connectivity index (χ3n) is 3.15. The molecular weight excluding hydrogens is 241 g/mol. The lowest BCUT2D eigenvalue weighted by Gasteiger charge is -2.13. The first-order valence-electron chi connectivity index (χ1n) is 6.03. The van der Waals surface area contributed by atoms with E-state index in [0.29, 0.717) is 12.0 Å². The molecule has 2 rings (SSSR count). The van der Waals surface area contributed by atoms with Crippen LogP contribution in [0, 0.1) is 24.1 Å². The van der Waals surface area contributed by atoms with Crippen LogP contribution in [0.15, 0.2) is 42.5 Å². The fourth-order valence-electron chi connectivity index (χ4n) is 1.97. The van der Waals surface area contributed by atoms with E-state index in [1.165, 1.54) is 12.1 Å². The van der Waals surface area contributed by atoms with Gasteiger partial charge in [0, 0.05) is 6.42 Å². The first-order chi connectivity index (χ1) is 9.10. The van der Waals surface area contributed by atoms with E-state index in [9.17, 15) is 9.50 Å². The second-order valence-electron chi connectivity index (χ2n) is 4.52. The molecule has 0 heterocycles. The molecule has 0 amide bonds. The minimum Gasteiger partial charge on any atom is -0.388 e. The van der Waals surface area contributed by atoms with Gasteiger partial charge < -0.3 is 5.11 Å². The Morgan fingerprint density at radius 2 is 1.89 bits per heavy atom. The molecule has 0 aliphatic rings. The van der Waals surface area contributed by atoms with E-state index in [1.54, 1.807) is 30.3 Å². The number of rotatable bonds is 3. The number of hydrogen-bond donors (Lipinski definition) is 1. The highest BCUT2D eigenvalue weighted by atomic mass is 19.1. The molecule has 0 aromatic heterocycles. The second kappa shape index (κ2) is 5.64. The molecule has 0 aliphatic carbocycles. The Morgan fingerprint density at radius 3 is 2.53 bits per heavy atom. The van der Waals surface area contributed by atoms with Gasteiger partial charge in [-0.1, -0.05) is 18.2 Å². The molecule has 0 fully saturated rings. The molecule has 3 heteroatoms. The predicted molar refractivity (Wildman–Crippen MR) is 71.0 cm³/mol. The summed E-state index contributed by atoms with van der Waals surface area (Å²) >= 11 is 0. The standard InChI is InChI=1S/C16H14FNO/c1-11-2-7-15(17)8-14(11)9-16(19)13-5-3-12(10-18)4-6-13/h2-8,16,19H,9H2,1H3. The first kappa shape index (κ1) is 13.3. The molecule has 1 atom stereocenters. The van der Waals surface area contributed by atoms with Gasteiger partial charge in [0.15, 0.2) is 0 Å². The van der Waals surface area contributed by atoms with Crippen LogP contribution in [0.5, 0.6) is 0 Å². The SMILES string of the molecule is Cc1ccc(F)cc1CC(O)c1ccc(C#N)cc1. The predicted octanol–water partition coefficient (Wildman–Crippen LogP) is 3.28. The van der Waals surface area contributed by atoms with Crippen molar-refractivity contribution in [2.24, 2.45) is 0 Å². The maximum absolute atomic E-state index is 13.2. The number of aryl methyl sites for hydroxylation is 1. The van der Waals surface area contributed by atoms with E-state index in [4.69, 9.17) is 5.26 Å². The lowest BCUT2D eigenvalue weighted by Crippen LogP contribution is -2.03. The zero-order chi connectivity index (χ0) is 13.8. The Bertz CT molecular complexity index is 614. The average molecular weight is 255 g/mol. The zero-order valence-electron chi connectivity index (χ0n) is 10.6. The lowest BCUT2D eigenvalue weighted by atomic mass is 9.97. The summed E-state index contributed by atoms with van der Waals surface area (Å²) in [5.41, 5.74) is 3.02. The highest BCUT2D eigenvalue weighted by molar-refractivity contribution is 5.34. The molecule has 19 heavy (non-hydrogen) atoms. The number of nitrogens with zero attached hydrogens (tertiary/aromatic N) is 1. The summed E-state index contributed by atoms with van der Waals surface area (Å²) in [6.45, 7) is 1.89. The summed E-state index contributed by atoms with van der Waals surface area (Å²) in [7, 11) is 0. The van der Waals surface area contributed by atoms with Crippen LogP contribution in [0.25, 0.3) is 0 Å². The topological polar surface area (TPSA) is 44.0 Å². The molecule has 0 radical (unpaired) electrons. The van der Waals surface area contributed by atoms with Crippen LogP contribution in [0.4, 0.5) is 4.39 Å². The molecule has 0 bridgehead atoms. The number of halogens is 1. The quantitative estimate of drug-likeness (QED) is 0.914. The Kier molecular flexibility index (Phi) is 3.94. The molecule has 1 unspecified atom stereocenters. The summed E-state index contributed by atoms with van der Waals surface area (Å²) in [6.07, 6.45) is -0.344. The number of aliphatic hydroxyl groups is 1. The Balaban J connectivity index is 2.18. The van der Waals surface area contributed by atoms with Crippen molar-refractivity contribution in [1.82, 2.24) is 0 Å². The summed E-state index contributed by atoms with van der Waals surface area (Å²) in [5.74, 6) is -0.298. The molecule has 2 aromatic carbocycles. The van der Waals surface area contributed by atoms with E-state index in [1.807, 2.05) is 13.0 Å². The highest BCUT2D eigenvalue weighted by Gasteiger charge is 2.11. The third-order valence-corrected chi connectivity index (χ3v) is 3.15. The Morgan fingerprint density at radius 1 is 1.21 bits per heavy atom. The van der Waals surface area contributed by atoms with Crippen LogP contribution in [-0.2, 0) is 6.42 Å². The number of aliphatic hydroxyl groups excluding tert-OH is 1. The molecule has 2 aromatic rings. The molecule has 0 aliphatic heterocycles. The minimum absolute atomic E-state index is 0.298. The van der Waals surface area contributed by atoms with Crippen molar-refractivity contribution in [1.29, 1.82) is 5.26 Å². The van der Waals surface area contributed by atoms with E-state index >= 15 is 0 Å². The van der Waals surface area contributed by atoms with Crippen LogP contribution >= 0.6 is 0 Å². The van der Waals surface area contributed by atoms with Crippen molar-refractivity contribution in [2.75, 3.05) is 0 Å². The molecule has 0 saturated carbocycles. The van der Waals surface area contributed by atoms with Gasteiger partial charge in [-0.3, -0.25) is 0 Å². The summed E-state index contributed by atoms with van der Waals surface area (Å²) in [5, 5.41) is 18.9. The van der Waals surface area contributed by atoms with Gasteiger partial charge >= 0.3 is 0 Å². The van der Waals surface area contributed by atoms with Gasteiger partial charge in [0.1, 0.15) is 5.82 Å². The maximum Gasteiger partial charge on any atom is 0.123 e. The van der Waals surface area contributed by atoms with Crippen molar-refractivity contribution < 1.29 is 9.50 Å². The van der Waals surface area contributed by atoms with E-state index in [-0.39, 0.29) is 5.82 Å². The summed E-state index contributed by atoms with van der Waals surface area (Å²) < 4.78 is 13.2. The Labute approximate surface area is 111 Å². The van der Waals surface area contributed by atoms with E-state index in [2.05, 4.69) is 0 Å². The molecule has 0 spiro atoms. The molecule has 2 nitrogen and oxygen atoms in total. The summed E-state index contributed by atoms with van der Waals surface area (Å²) in [4.78, 5) is 0.